The number of nitrogens with one attached hydrogen (secondary N) is 1. The van der Waals surface area contributed by atoms with Gasteiger partial charge in [-0.3, -0.25) is 9.59 Å². The molecule has 1 aliphatic heterocycles. The summed E-state index contributed by atoms with van der Waals surface area (Å²) in [4.78, 5) is 28.5. The van der Waals surface area contributed by atoms with Crippen LogP contribution in [0.3, 0.4) is 0 Å². The molecule has 1 heterocycles. The van der Waals surface area contributed by atoms with Crippen molar-refractivity contribution in [2.45, 2.75) is 20.8 Å². The van der Waals surface area contributed by atoms with E-state index in [1.807, 2.05) is 45.0 Å². The van der Waals surface area contributed by atoms with Gasteiger partial charge in [0.2, 0.25) is 0 Å². The van der Waals surface area contributed by atoms with Gasteiger partial charge in [-0.25, -0.2) is 4.90 Å². The van der Waals surface area contributed by atoms with E-state index in [-0.39, 0.29) is 11.6 Å². The van der Waals surface area contributed by atoms with Gasteiger partial charge in [0.1, 0.15) is 11.4 Å². The summed E-state index contributed by atoms with van der Waals surface area (Å²) >= 11 is 6.28. The molecule has 32 heavy (non-hydrogen) atoms. The number of carbonyl (C=O) groups excluding carboxylic acids is 2. The van der Waals surface area contributed by atoms with Crippen LogP contribution in [0.1, 0.15) is 22.3 Å². The standard InChI is InChI=1S/C26H23ClN2O3/c1-15-8-9-16(2)22(14-15)29-25(30)23(18-10-12-19(32-4)13-11-18)24(26(29)31)28-21-7-5-6-20(27)17(21)3/h5-14,28H,1-4H3. The third-order valence-corrected chi connectivity index (χ3v) is 6.00. The molecule has 6 heteroatoms. The number of hydrogen-bond donors (Lipinski definition) is 1. The number of nitrogens with zero attached hydrogens (tertiary/aromatic N) is 1. The molecule has 0 radical (unpaired) electrons. The number of aryl methyl sites for hydroxylation is 2. The fourth-order valence-electron chi connectivity index (χ4n) is 3.73. The van der Waals surface area contributed by atoms with E-state index in [0.717, 1.165) is 16.7 Å². The number of imide groups is 1. The Labute approximate surface area is 192 Å². The van der Waals surface area contributed by atoms with Crippen molar-refractivity contribution in [1.29, 1.82) is 0 Å². The number of benzene rings is 3. The molecule has 1 N–H and O–H groups in total. The fraction of sp³-hybridized carbons (Fsp3) is 0.154. The Balaban J connectivity index is 1.87. The van der Waals surface area contributed by atoms with Crippen LogP contribution in [0.5, 0.6) is 5.75 Å². The van der Waals surface area contributed by atoms with Crippen LogP contribution in [-0.2, 0) is 9.59 Å². The van der Waals surface area contributed by atoms with Gasteiger partial charge in [0.05, 0.1) is 18.4 Å². The first-order chi connectivity index (χ1) is 15.3. The van der Waals surface area contributed by atoms with Crippen LogP contribution in [0.2, 0.25) is 5.02 Å². The van der Waals surface area contributed by atoms with E-state index in [1.54, 1.807) is 43.5 Å². The van der Waals surface area contributed by atoms with Crippen molar-refractivity contribution in [3.05, 3.63) is 93.6 Å². The minimum atomic E-state index is -0.408. The molecule has 4 rings (SSSR count). The first-order valence-electron chi connectivity index (χ1n) is 10.2. The molecule has 0 aromatic heterocycles. The van der Waals surface area contributed by atoms with E-state index in [0.29, 0.717) is 33.3 Å². The smallest absolute Gasteiger partial charge is 0.282 e. The largest absolute Gasteiger partial charge is 0.497 e. The number of methoxy groups -OCH3 is 1. The van der Waals surface area contributed by atoms with E-state index in [9.17, 15) is 9.59 Å². The van der Waals surface area contributed by atoms with Crippen molar-refractivity contribution in [2.24, 2.45) is 0 Å². The molecule has 0 saturated heterocycles. The highest BCUT2D eigenvalue weighted by atomic mass is 35.5. The van der Waals surface area contributed by atoms with Gasteiger partial charge >= 0.3 is 0 Å². The van der Waals surface area contributed by atoms with Crippen LogP contribution in [0.25, 0.3) is 5.57 Å². The molecule has 0 bridgehead atoms. The average Bonchev–Trinajstić information content (AvgIpc) is 3.02. The lowest BCUT2D eigenvalue weighted by Crippen LogP contribution is -2.33. The normalized spacial score (nSPS) is 13.7. The highest BCUT2D eigenvalue weighted by molar-refractivity contribution is 6.46. The third kappa shape index (κ3) is 3.76. The van der Waals surface area contributed by atoms with E-state index in [2.05, 4.69) is 5.32 Å². The lowest BCUT2D eigenvalue weighted by atomic mass is 10.0. The van der Waals surface area contributed by atoms with Crippen molar-refractivity contribution < 1.29 is 14.3 Å². The summed E-state index contributed by atoms with van der Waals surface area (Å²) in [5, 5.41) is 3.77. The molecule has 1 aliphatic rings. The summed E-state index contributed by atoms with van der Waals surface area (Å²) in [5.41, 5.74) is 4.98. The zero-order valence-electron chi connectivity index (χ0n) is 18.3. The second kappa shape index (κ2) is 8.52. The van der Waals surface area contributed by atoms with E-state index >= 15 is 0 Å². The van der Waals surface area contributed by atoms with Crippen LogP contribution < -0.4 is 15.0 Å². The molecular weight excluding hydrogens is 424 g/mol. The van der Waals surface area contributed by atoms with E-state index < -0.39 is 5.91 Å². The SMILES string of the molecule is COc1ccc(C2=C(Nc3cccc(Cl)c3C)C(=O)N(c3cc(C)ccc3C)C2=O)cc1. The number of carbonyl (C=O) groups is 2. The monoisotopic (exact) mass is 446 g/mol. The van der Waals surface area contributed by atoms with Crippen LogP contribution >= 0.6 is 11.6 Å². The molecule has 5 nitrogen and oxygen atoms in total. The summed E-state index contributed by atoms with van der Waals surface area (Å²) in [7, 11) is 1.58. The lowest BCUT2D eigenvalue weighted by molar-refractivity contribution is -0.120. The Morgan fingerprint density at radius 3 is 2.31 bits per heavy atom. The summed E-state index contributed by atoms with van der Waals surface area (Å²) in [5.74, 6) is -0.123. The molecule has 3 aromatic carbocycles. The Morgan fingerprint density at radius 1 is 0.906 bits per heavy atom. The van der Waals surface area contributed by atoms with Gasteiger partial charge in [0, 0.05) is 10.7 Å². The first kappa shape index (κ1) is 21.7. The van der Waals surface area contributed by atoms with Gasteiger partial charge in [0.15, 0.2) is 0 Å². The highest BCUT2D eigenvalue weighted by Gasteiger charge is 2.41. The van der Waals surface area contributed by atoms with Crippen molar-refractivity contribution in [3.63, 3.8) is 0 Å². The van der Waals surface area contributed by atoms with Crippen LogP contribution in [0.15, 0.2) is 66.4 Å². The molecule has 3 aromatic rings. The van der Waals surface area contributed by atoms with E-state index in [1.165, 1.54) is 4.90 Å². The predicted octanol–water partition coefficient (Wildman–Crippen LogP) is 5.67. The Hall–Kier alpha value is -3.57. The Kier molecular flexibility index (Phi) is 5.76. The minimum Gasteiger partial charge on any atom is -0.497 e. The van der Waals surface area contributed by atoms with Gasteiger partial charge < -0.3 is 10.1 Å². The Bertz CT molecular complexity index is 1260. The molecule has 0 aliphatic carbocycles. The maximum atomic E-state index is 13.6. The van der Waals surface area contributed by atoms with Gasteiger partial charge in [-0.2, -0.15) is 0 Å². The number of amides is 2. The summed E-state index contributed by atoms with van der Waals surface area (Å²) in [6, 6.07) is 18.2. The molecule has 0 unspecified atom stereocenters. The molecule has 0 fully saturated rings. The first-order valence-corrected chi connectivity index (χ1v) is 10.6. The van der Waals surface area contributed by atoms with Crippen molar-refractivity contribution >= 4 is 40.4 Å². The average molecular weight is 447 g/mol. The van der Waals surface area contributed by atoms with Crippen LogP contribution in [-0.4, -0.2) is 18.9 Å². The maximum absolute atomic E-state index is 13.6. The summed E-state index contributed by atoms with van der Waals surface area (Å²) in [6.45, 7) is 5.68. The van der Waals surface area contributed by atoms with Crippen molar-refractivity contribution in [1.82, 2.24) is 0 Å². The second-order valence-corrected chi connectivity index (χ2v) is 8.16. The molecule has 162 valence electrons. The molecular formula is C26H23ClN2O3. The third-order valence-electron chi connectivity index (χ3n) is 5.60. The zero-order valence-corrected chi connectivity index (χ0v) is 19.1. The van der Waals surface area contributed by atoms with Gasteiger partial charge in [-0.15, -0.1) is 0 Å². The summed E-state index contributed by atoms with van der Waals surface area (Å²) < 4.78 is 5.24. The molecule has 2 amide bonds. The van der Waals surface area contributed by atoms with Crippen molar-refractivity contribution in [2.75, 3.05) is 17.3 Å². The topological polar surface area (TPSA) is 58.6 Å². The molecule has 0 atom stereocenters. The lowest BCUT2D eigenvalue weighted by Gasteiger charge is -2.18. The maximum Gasteiger partial charge on any atom is 0.282 e. The number of ether oxygens (including phenoxy) is 1. The predicted molar refractivity (Wildman–Crippen MR) is 128 cm³/mol. The second-order valence-electron chi connectivity index (χ2n) is 7.75. The zero-order chi connectivity index (χ0) is 23.0. The van der Waals surface area contributed by atoms with Crippen LogP contribution in [0.4, 0.5) is 11.4 Å². The summed E-state index contributed by atoms with van der Waals surface area (Å²) in [6.07, 6.45) is 0. The molecule has 0 saturated carbocycles. The van der Waals surface area contributed by atoms with Gasteiger partial charge in [-0.1, -0.05) is 41.9 Å². The van der Waals surface area contributed by atoms with Gasteiger partial charge in [-0.05, 0) is 73.4 Å². The van der Waals surface area contributed by atoms with Crippen LogP contribution in [0, 0.1) is 20.8 Å². The molecule has 0 spiro atoms. The minimum absolute atomic E-state index is 0.214. The number of rotatable bonds is 5. The highest BCUT2D eigenvalue weighted by Crippen LogP contribution is 2.36. The quantitative estimate of drug-likeness (QED) is 0.513. The number of anilines is 2. The number of hydrogen-bond acceptors (Lipinski definition) is 4. The van der Waals surface area contributed by atoms with Gasteiger partial charge in [0.25, 0.3) is 11.8 Å². The fourth-order valence-corrected chi connectivity index (χ4v) is 3.90. The number of halogens is 1. The van der Waals surface area contributed by atoms with Crippen molar-refractivity contribution in [3.8, 4) is 5.75 Å². The Morgan fingerprint density at radius 2 is 1.62 bits per heavy atom. The van der Waals surface area contributed by atoms with E-state index in [4.69, 9.17) is 16.3 Å².